The first-order valence-corrected chi connectivity index (χ1v) is 9.38. The molecule has 0 spiro atoms. The molecule has 1 aliphatic heterocycles. The second-order valence-electron chi connectivity index (χ2n) is 6.65. The van der Waals surface area contributed by atoms with Crippen molar-refractivity contribution in [3.8, 4) is 23.0 Å². The SMILES string of the molecule is O=C(Nc1ccc2c(c1)OCCO2)c1cnn(-c2ccccc2F)c1-n1cccc1. The van der Waals surface area contributed by atoms with Crippen LogP contribution in [0.1, 0.15) is 10.4 Å². The highest BCUT2D eigenvalue weighted by Gasteiger charge is 2.22. The quantitative estimate of drug-likeness (QED) is 0.561. The van der Waals surface area contributed by atoms with Gasteiger partial charge in [0.2, 0.25) is 0 Å². The molecule has 2 aromatic carbocycles. The van der Waals surface area contributed by atoms with E-state index in [0.29, 0.717) is 41.8 Å². The van der Waals surface area contributed by atoms with Gasteiger partial charge in [-0.1, -0.05) is 12.1 Å². The number of anilines is 1. The average molecular weight is 404 g/mol. The Morgan fingerprint density at radius 2 is 1.77 bits per heavy atom. The van der Waals surface area contributed by atoms with Crippen LogP contribution in [-0.4, -0.2) is 33.5 Å². The minimum Gasteiger partial charge on any atom is -0.486 e. The number of nitrogens with zero attached hydrogens (tertiary/aromatic N) is 3. The van der Waals surface area contributed by atoms with E-state index in [2.05, 4.69) is 10.4 Å². The van der Waals surface area contributed by atoms with Crippen LogP contribution in [0.5, 0.6) is 11.5 Å². The molecule has 1 aliphatic rings. The number of benzene rings is 2. The molecule has 150 valence electrons. The van der Waals surface area contributed by atoms with Crippen molar-refractivity contribution in [3.05, 3.63) is 84.6 Å². The highest BCUT2D eigenvalue weighted by Crippen LogP contribution is 2.33. The smallest absolute Gasteiger partial charge is 0.261 e. The lowest BCUT2D eigenvalue weighted by Gasteiger charge is -2.19. The number of carbonyl (C=O) groups is 1. The first kappa shape index (κ1) is 18.0. The number of nitrogens with one attached hydrogen (secondary N) is 1. The van der Waals surface area contributed by atoms with Crippen LogP contribution < -0.4 is 14.8 Å². The molecule has 30 heavy (non-hydrogen) atoms. The lowest BCUT2D eigenvalue weighted by atomic mass is 10.2. The summed E-state index contributed by atoms with van der Waals surface area (Å²) in [6.07, 6.45) is 4.97. The fourth-order valence-corrected chi connectivity index (χ4v) is 3.35. The third kappa shape index (κ3) is 3.18. The van der Waals surface area contributed by atoms with E-state index in [9.17, 15) is 9.18 Å². The van der Waals surface area contributed by atoms with Crippen molar-refractivity contribution < 1.29 is 18.7 Å². The molecule has 1 amide bonds. The van der Waals surface area contributed by atoms with Crippen LogP contribution in [0, 0.1) is 5.82 Å². The Morgan fingerprint density at radius 1 is 1.00 bits per heavy atom. The molecule has 5 rings (SSSR count). The van der Waals surface area contributed by atoms with Gasteiger partial charge in [-0.25, -0.2) is 9.07 Å². The van der Waals surface area contributed by atoms with Gasteiger partial charge in [0, 0.05) is 24.1 Å². The number of carbonyl (C=O) groups excluding carboxylic acids is 1. The highest BCUT2D eigenvalue weighted by molar-refractivity contribution is 6.06. The van der Waals surface area contributed by atoms with Crippen LogP contribution in [0.3, 0.4) is 0 Å². The van der Waals surface area contributed by atoms with E-state index in [-0.39, 0.29) is 11.6 Å². The van der Waals surface area contributed by atoms with Gasteiger partial charge in [-0.2, -0.15) is 5.10 Å². The molecule has 0 saturated carbocycles. The van der Waals surface area contributed by atoms with E-state index >= 15 is 0 Å². The van der Waals surface area contributed by atoms with E-state index in [1.807, 2.05) is 12.1 Å². The number of hydrogen-bond acceptors (Lipinski definition) is 4. The van der Waals surface area contributed by atoms with Crippen molar-refractivity contribution in [3.63, 3.8) is 0 Å². The summed E-state index contributed by atoms with van der Waals surface area (Å²) in [7, 11) is 0. The number of hydrogen-bond donors (Lipinski definition) is 1. The summed E-state index contributed by atoms with van der Waals surface area (Å²) < 4.78 is 28.6. The zero-order chi connectivity index (χ0) is 20.5. The molecule has 0 unspecified atom stereocenters. The zero-order valence-electron chi connectivity index (χ0n) is 15.8. The number of amides is 1. The molecule has 8 heteroatoms. The maximum Gasteiger partial charge on any atom is 0.261 e. The summed E-state index contributed by atoms with van der Waals surface area (Å²) in [5, 5.41) is 7.14. The second kappa shape index (κ2) is 7.40. The van der Waals surface area contributed by atoms with Crippen molar-refractivity contribution in [1.29, 1.82) is 0 Å². The first-order chi connectivity index (χ1) is 14.7. The molecule has 0 saturated heterocycles. The number of ether oxygens (including phenoxy) is 2. The number of para-hydroxylation sites is 1. The standard InChI is InChI=1S/C22H17FN4O3/c23-17-5-1-2-6-18(17)27-22(26-9-3-4-10-26)16(14-24-27)21(28)25-15-7-8-19-20(13-15)30-12-11-29-19/h1-10,13-14H,11-12H2,(H,25,28). The minimum atomic E-state index is -0.437. The minimum absolute atomic E-state index is 0.250. The van der Waals surface area contributed by atoms with Gasteiger partial charge < -0.3 is 19.4 Å². The molecule has 1 N–H and O–H groups in total. The lowest BCUT2D eigenvalue weighted by Crippen LogP contribution is -2.17. The molecule has 4 aromatic rings. The summed E-state index contributed by atoms with van der Waals surface area (Å²) in [6.45, 7) is 0.950. The fourth-order valence-electron chi connectivity index (χ4n) is 3.35. The average Bonchev–Trinajstić information content (AvgIpc) is 3.43. The molecule has 2 aromatic heterocycles. The summed E-state index contributed by atoms with van der Waals surface area (Å²) in [4.78, 5) is 13.1. The highest BCUT2D eigenvalue weighted by atomic mass is 19.1. The third-order valence-corrected chi connectivity index (χ3v) is 4.72. The predicted octanol–water partition coefficient (Wildman–Crippen LogP) is 3.83. The Balaban J connectivity index is 1.53. The molecule has 0 bridgehead atoms. The van der Waals surface area contributed by atoms with Crippen LogP contribution in [0.2, 0.25) is 0 Å². The van der Waals surface area contributed by atoms with Gasteiger partial charge in [0.25, 0.3) is 5.91 Å². The molecular formula is C22H17FN4O3. The lowest BCUT2D eigenvalue weighted by molar-refractivity contribution is 0.102. The van der Waals surface area contributed by atoms with Crippen LogP contribution in [-0.2, 0) is 0 Å². The molecule has 0 fully saturated rings. The van der Waals surface area contributed by atoms with Crippen LogP contribution in [0.4, 0.5) is 10.1 Å². The Hall–Kier alpha value is -4.07. The van der Waals surface area contributed by atoms with Gasteiger partial charge in [0.05, 0.1) is 6.20 Å². The van der Waals surface area contributed by atoms with Gasteiger partial charge in [-0.3, -0.25) is 4.79 Å². The molecule has 7 nitrogen and oxygen atoms in total. The maximum absolute atomic E-state index is 14.4. The normalized spacial score (nSPS) is 12.6. The van der Waals surface area contributed by atoms with E-state index < -0.39 is 5.82 Å². The maximum atomic E-state index is 14.4. The number of aromatic nitrogens is 3. The van der Waals surface area contributed by atoms with Gasteiger partial charge >= 0.3 is 0 Å². The van der Waals surface area contributed by atoms with E-state index in [0.717, 1.165) is 0 Å². The summed E-state index contributed by atoms with van der Waals surface area (Å²) in [5.41, 5.74) is 1.10. The van der Waals surface area contributed by atoms with Crippen molar-refractivity contribution >= 4 is 11.6 Å². The van der Waals surface area contributed by atoms with Crippen molar-refractivity contribution in [2.45, 2.75) is 0 Å². The van der Waals surface area contributed by atoms with Crippen LogP contribution >= 0.6 is 0 Å². The van der Waals surface area contributed by atoms with Crippen LogP contribution in [0.25, 0.3) is 11.5 Å². The van der Waals surface area contributed by atoms with E-state index in [1.165, 1.54) is 16.9 Å². The van der Waals surface area contributed by atoms with Gasteiger partial charge in [-0.05, 0) is 36.4 Å². The van der Waals surface area contributed by atoms with Crippen LogP contribution in [0.15, 0.2) is 73.2 Å². The molecular weight excluding hydrogens is 387 g/mol. The van der Waals surface area contributed by atoms with Gasteiger partial charge in [0.1, 0.15) is 30.3 Å². The van der Waals surface area contributed by atoms with Gasteiger partial charge in [-0.15, -0.1) is 0 Å². The largest absolute Gasteiger partial charge is 0.486 e. The number of rotatable bonds is 4. The van der Waals surface area contributed by atoms with E-state index in [1.54, 1.807) is 53.4 Å². The van der Waals surface area contributed by atoms with Gasteiger partial charge in [0.15, 0.2) is 17.3 Å². The summed E-state index contributed by atoms with van der Waals surface area (Å²) in [5.74, 6) is 0.831. The van der Waals surface area contributed by atoms with Crippen molar-refractivity contribution in [1.82, 2.24) is 14.3 Å². The van der Waals surface area contributed by atoms with Crippen molar-refractivity contribution in [2.24, 2.45) is 0 Å². The molecule has 0 aliphatic carbocycles. The monoisotopic (exact) mass is 404 g/mol. The number of fused-ring (bicyclic) bond motifs is 1. The van der Waals surface area contributed by atoms with E-state index in [4.69, 9.17) is 9.47 Å². The molecule has 0 atom stereocenters. The third-order valence-electron chi connectivity index (χ3n) is 4.72. The Labute approximate surface area is 171 Å². The topological polar surface area (TPSA) is 70.3 Å². The number of halogens is 1. The Morgan fingerprint density at radius 3 is 2.57 bits per heavy atom. The Kier molecular flexibility index (Phi) is 4.44. The van der Waals surface area contributed by atoms with Crippen molar-refractivity contribution in [2.75, 3.05) is 18.5 Å². The molecule has 0 radical (unpaired) electrons. The fraction of sp³-hybridized carbons (Fsp3) is 0.0909. The Bertz CT molecular complexity index is 1220. The summed E-state index contributed by atoms with van der Waals surface area (Å²) in [6, 6.07) is 15.1. The zero-order valence-corrected chi connectivity index (χ0v) is 15.8. The predicted molar refractivity (Wildman–Crippen MR) is 108 cm³/mol. The molecule has 3 heterocycles. The second-order valence-corrected chi connectivity index (χ2v) is 6.65. The first-order valence-electron chi connectivity index (χ1n) is 9.38. The summed E-state index contributed by atoms with van der Waals surface area (Å²) >= 11 is 0.